The molecule has 1 unspecified atom stereocenters. The molecule has 23 heavy (non-hydrogen) atoms. The predicted octanol–water partition coefficient (Wildman–Crippen LogP) is 4.66. The molecule has 0 aliphatic carbocycles. The fourth-order valence-corrected chi connectivity index (χ4v) is 2.99. The number of hydrogen-bond donors (Lipinski definition) is 1. The molecule has 2 nitrogen and oxygen atoms in total. The van der Waals surface area contributed by atoms with Gasteiger partial charge in [0, 0.05) is 35.9 Å². The number of benzene rings is 1. The van der Waals surface area contributed by atoms with Gasteiger partial charge in [0.2, 0.25) is 0 Å². The van der Waals surface area contributed by atoms with Gasteiger partial charge in [-0.3, -0.25) is 4.98 Å². The van der Waals surface area contributed by atoms with Crippen LogP contribution in [0, 0.1) is 11.8 Å². The Hall–Kier alpha value is -1.53. The Bertz CT molecular complexity index is 690. The van der Waals surface area contributed by atoms with Crippen molar-refractivity contribution in [3.8, 4) is 11.8 Å². The molecule has 1 heterocycles. The zero-order chi connectivity index (χ0) is 16.7. The van der Waals surface area contributed by atoms with Gasteiger partial charge in [-0.15, -0.1) is 23.2 Å². The van der Waals surface area contributed by atoms with E-state index in [1.165, 1.54) is 0 Å². The Morgan fingerprint density at radius 3 is 2.52 bits per heavy atom. The van der Waals surface area contributed by atoms with Crippen molar-refractivity contribution in [1.29, 1.82) is 0 Å². The van der Waals surface area contributed by atoms with Crippen molar-refractivity contribution in [2.75, 3.05) is 0 Å². The van der Waals surface area contributed by atoms with Gasteiger partial charge >= 0.3 is 0 Å². The summed E-state index contributed by atoms with van der Waals surface area (Å²) in [5.41, 5.74) is 3.32. The molecule has 0 saturated carbocycles. The van der Waals surface area contributed by atoms with E-state index in [1.54, 1.807) is 12.4 Å². The van der Waals surface area contributed by atoms with E-state index < -0.39 is 4.84 Å². The summed E-state index contributed by atoms with van der Waals surface area (Å²) in [5.74, 6) is 6.06. The lowest BCUT2D eigenvalue weighted by atomic mass is 9.89. The van der Waals surface area contributed by atoms with Gasteiger partial charge in [0.25, 0.3) is 0 Å². The van der Waals surface area contributed by atoms with Gasteiger partial charge in [-0.25, -0.2) is 0 Å². The Labute approximate surface area is 147 Å². The average Bonchev–Trinajstić information content (AvgIpc) is 2.57. The van der Waals surface area contributed by atoms with Crippen molar-refractivity contribution in [2.24, 2.45) is 0 Å². The minimum atomic E-state index is -0.639. The van der Waals surface area contributed by atoms with E-state index in [2.05, 4.69) is 23.7 Å². The van der Waals surface area contributed by atoms with E-state index in [0.29, 0.717) is 5.56 Å². The highest BCUT2D eigenvalue weighted by molar-refractivity contribution is 6.45. The molecule has 1 aromatic carbocycles. The van der Waals surface area contributed by atoms with Crippen LogP contribution in [0.3, 0.4) is 0 Å². The highest BCUT2D eigenvalue weighted by Crippen LogP contribution is 2.35. The highest BCUT2D eigenvalue weighted by atomic mass is 35.5. The number of pyridine rings is 1. The summed E-state index contributed by atoms with van der Waals surface area (Å²) < 4.78 is 0. The SMILES string of the molecule is CCCC#Cc1c(CO)cncc1C(c1ccccc1)C(Cl)Cl. The van der Waals surface area contributed by atoms with Crippen molar-refractivity contribution in [2.45, 2.75) is 37.1 Å². The molecule has 0 saturated heterocycles. The molecule has 0 radical (unpaired) electrons. The lowest BCUT2D eigenvalue weighted by molar-refractivity contribution is 0.281. The number of aliphatic hydroxyl groups excluding tert-OH is 1. The summed E-state index contributed by atoms with van der Waals surface area (Å²) in [4.78, 5) is 3.59. The summed E-state index contributed by atoms with van der Waals surface area (Å²) >= 11 is 12.5. The highest BCUT2D eigenvalue weighted by Gasteiger charge is 2.25. The molecule has 0 spiro atoms. The second-order valence-electron chi connectivity index (χ2n) is 5.20. The monoisotopic (exact) mass is 347 g/mol. The Morgan fingerprint density at radius 2 is 1.91 bits per heavy atom. The number of nitrogens with zero attached hydrogens (tertiary/aromatic N) is 1. The first kappa shape index (κ1) is 17.8. The van der Waals surface area contributed by atoms with E-state index in [0.717, 1.165) is 29.5 Å². The van der Waals surface area contributed by atoms with Crippen molar-refractivity contribution in [1.82, 2.24) is 4.98 Å². The minimum absolute atomic E-state index is 0.117. The normalized spacial score (nSPS) is 11.9. The molecule has 2 rings (SSSR count). The van der Waals surface area contributed by atoms with Crippen LogP contribution in [0.15, 0.2) is 42.7 Å². The first-order valence-corrected chi connectivity index (χ1v) is 8.45. The number of aromatic nitrogens is 1. The van der Waals surface area contributed by atoms with Crippen molar-refractivity contribution in [3.05, 3.63) is 65.0 Å². The third-order valence-electron chi connectivity index (χ3n) is 3.56. The summed E-state index contributed by atoms with van der Waals surface area (Å²) in [6, 6.07) is 9.81. The second-order valence-corrected chi connectivity index (χ2v) is 6.36. The Balaban J connectivity index is 2.58. The molecular formula is C19H19Cl2NO. The van der Waals surface area contributed by atoms with Crippen LogP contribution < -0.4 is 0 Å². The molecule has 4 heteroatoms. The molecule has 2 aromatic rings. The third-order valence-corrected chi connectivity index (χ3v) is 4.06. The molecule has 0 fully saturated rings. The molecule has 0 amide bonds. The molecule has 1 atom stereocenters. The van der Waals surface area contributed by atoms with Crippen LogP contribution in [0.4, 0.5) is 0 Å². The van der Waals surface area contributed by atoms with Gasteiger partial charge in [-0.2, -0.15) is 0 Å². The molecule has 0 bridgehead atoms. The standard InChI is InChI=1S/C19H19Cl2NO/c1-2-3-5-10-16-15(13-23)11-22-12-17(16)18(19(20)21)14-8-6-4-7-9-14/h4,6-9,11-12,18-19,23H,2-3,13H2,1H3. The van der Waals surface area contributed by atoms with Crippen LogP contribution in [0.5, 0.6) is 0 Å². The van der Waals surface area contributed by atoms with E-state index in [4.69, 9.17) is 23.2 Å². The quantitative estimate of drug-likeness (QED) is 0.630. The maximum Gasteiger partial charge on any atom is 0.118 e. The van der Waals surface area contributed by atoms with Crippen molar-refractivity contribution in [3.63, 3.8) is 0 Å². The molecule has 0 aliphatic rings. The number of alkyl halides is 2. The van der Waals surface area contributed by atoms with Crippen LogP contribution in [0.1, 0.15) is 47.9 Å². The van der Waals surface area contributed by atoms with Gasteiger partial charge in [-0.1, -0.05) is 49.1 Å². The van der Waals surface area contributed by atoms with Crippen LogP contribution in [-0.4, -0.2) is 14.9 Å². The topological polar surface area (TPSA) is 33.1 Å². The van der Waals surface area contributed by atoms with Gasteiger partial charge in [0.15, 0.2) is 0 Å². The number of rotatable bonds is 5. The summed E-state index contributed by atoms with van der Waals surface area (Å²) in [6.07, 6.45) is 5.16. The summed E-state index contributed by atoms with van der Waals surface area (Å²) in [6.45, 7) is 1.96. The first-order valence-electron chi connectivity index (χ1n) is 7.58. The van der Waals surface area contributed by atoms with E-state index in [9.17, 15) is 5.11 Å². The molecule has 0 aliphatic heterocycles. The van der Waals surface area contributed by atoms with Gasteiger partial charge < -0.3 is 5.11 Å². The number of hydrogen-bond acceptors (Lipinski definition) is 2. The molecule has 1 N–H and O–H groups in total. The van der Waals surface area contributed by atoms with Gasteiger partial charge in [0.1, 0.15) is 4.84 Å². The maximum absolute atomic E-state index is 9.62. The smallest absolute Gasteiger partial charge is 0.118 e. The summed E-state index contributed by atoms with van der Waals surface area (Å²) in [5, 5.41) is 9.62. The summed E-state index contributed by atoms with van der Waals surface area (Å²) in [7, 11) is 0. The van der Waals surface area contributed by atoms with Gasteiger partial charge in [-0.05, 0) is 17.5 Å². The van der Waals surface area contributed by atoms with Gasteiger partial charge in [0.05, 0.1) is 6.61 Å². The molecule has 120 valence electrons. The first-order chi connectivity index (χ1) is 11.2. The van der Waals surface area contributed by atoms with Crippen LogP contribution in [0.25, 0.3) is 0 Å². The molecule has 1 aromatic heterocycles. The maximum atomic E-state index is 9.62. The zero-order valence-corrected chi connectivity index (χ0v) is 14.5. The van der Waals surface area contributed by atoms with Crippen LogP contribution >= 0.6 is 23.2 Å². The van der Waals surface area contributed by atoms with Crippen molar-refractivity contribution >= 4 is 23.2 Å². The minimum Gasteiger partial charge on any atom is -0.392 e. The lowest BCUT2D eigenvalue weighted by Crippen LogP contribution is -2.13. The zero-order valence-electron chi connectivity index (χ0n) is 13.0. The lowest BCUT2D eigenvalue weighted by Gasteiger charge is -2.21. The van der Waals surface area contributed by atoms with E-state index in [-0.39, 0.29) is 12.5 Å². The fraction of sp³-hybridized carbons (Fsp3) is 0.316. The molecular weight excluding hydrogens is 329 g/mol. The van der Waals surface area contributed by atoms with Crippen LogP contribution in [0.2, 0.25) is 0 Å². The predicted molar refractivity (Wildman–Crippen MR) is 95.7 cm³/mol. The third kappa shape index (κ3) is 4.48. The Kier molecular flexibility index (Phi) is 6.92. The number of unbranched alkanes of at least 4 members (excludes halogenated alkanes) is 1. The Morgan fingerprint density at radius 1 is 1.17 bits per heavy atom. The number of aliphatic hydroxyl groups is 1. The second kappa shape index (κ2) is 8.93. The number of halogens is 2. The van der Waals surface area contributed by atoms with Crippen molar-refractivity contribution < 1.29 is 5.11 Å². The van der Waals surface area contributed by atoms with Crippen LogP contribution in [-0.2, 0) is 6.61 Å². The van der Waals surface area contributed by atoms with E-state index in [1.807, 2.05) is 30.3 Å². The van der Waals surface area contributed by atoms with E-state index >= 15 is 0 Å². The largest absolute Gasteiger partial charge is 0.392 e. The average molecular weight is 348 g/mol. The fourth-order valence-electron chi connectivity index (χ4n) is 2.43.